The zero-order chi connectivity index (χ0) is 19.0. The number of aromatic amines is 1. The molecule has 2 aromatic carbocycles. The van der Waals surface area contributed by atoms with Gasteiger partial charge in [0.1, 0.15) is 0 Å². The van der Waals surface area contributed by atoms with Crippen molar-refractivity contribution in [2.24, 2.45) is 0 Å². The summed E-state index contributed by atoms with van der Waals surface area (Å²) in [5, 5.41) is 4.79. The van der Waals surface area contributed by atoms with Crippen LogP contribution in [-0.2, 0) is 0 Å². The number of piperidine rings is 1. The monoisotopic (exact) mass is 364 g/mol. The van der Waals surface area contributed by atoms with Gasteiger partial charge in [-0.3, -0.25) is 0 Å². The van der Waals surface area contributed by atoms with Crippen LogP contribution in [0.1, 0.15) is 35.4 Å². The summed E-state index contributed by atoms with van der Waals surface area (Å²) in [5.74, 6) is 2.16. The quantitative estimate of drug-likeness (QED) is 0.689. The first-order valence-corrected chi connectivity index (χ1v) is 9.68. The normalized spacial score (nSPS) is 15.3. The Kier molecular flexibility index (Phi) is 4.83. The van der Waals surface area contributed by atoms with Crippen LogP contribution in [0.4, 0.5) is 0 Å². The Labute approximate surface area is 160 Å². The fraction of sp³-hybridized carbons (Fsp3) is 0.391. The Morgan fingerprint density at radius 1 is 0.926 bits per heavy atom. The first-order chi connectivity index (χ1) is 13.1. The highest BCUT2D eigenvalue weighted by atomic mass is 16.5. The van der Waals surface area contributed by atoms with Gasteiger partial charge in [0.15, 0.2) is 11.5 Å². The van der Waals surface area contributed by atoms with Crippen molar-refractivity contribution < 1.29 is 9.47 Å². The third-order valence-corrected chi connectivity index (χ3v) is 5.90. The lowest BCUT2D eigenvalue weighted by atomic mass is 9.86. The number of fused-ring (bicyclic) bond motifs is 1. The molecule has 0 saturated carbocycles. The van der Waals surface area contributed by atoms with Crippen molar-refractivity contribution in [2.75, 3.05) is 27.3 Å². The third-order valence-electron chi connectivity index (χ3n) is 5.90. The maximum Gasteiger partial charge on any atom is 0.161 e. The van der Waals surface area contributed by atoms with Crippen molar-refractivity contribution in [2.45, 2.75) is 32.6 Å². The van der Waals surface area contributed by atoms with E-state index in [9.17, 15) is 0 Å². The molecule has 2 N–H and O–H groups in total. The summed E-state index contributed by atoms with van der Waals surface area (Å²) in [7, 11) is 3.34. The van der Waals surface area contributed by atoms with Gasteiger partial charge in [-0.25, -0.2) is 0 Å². The minimum absolute atomic E-state index is 0.662. The minimum Gasteiger partial charge on any atom is -0.493 e. The van der Waals surface area contributed by atoms with Gasteiger partial charge in [-0.05, 0) is 92.7 Å². The SMILES string of the molecule is COc1ccc(-c2[nH]c3cc(C)c(C4CCNCC4)cc3c2C)cc1OC. The van der Waals surface area contributed by atoms with E-state index < -0.39 is 0 Å². The summed E-state index contributed by atoms with van der Waals surface area (Å²) >= 11 is 0. The zero-order valence-corrected chi connectivity index (χ0v) is 16.6. The van der Waals surface area contributed by atoms with Crippen LogP contribution < -0.4 is 14.8 Å². The molecule has 1 aromatic heterocycles. The Hall–Kier alpha value is -2.46. The molecule has 1 aliphatic heterocycles. The number of hydrogen-bond acceptors (Lipinski definition) is 3. The molecule has 0 bridgehead atoms. The number of aryl methyl sites for hydroxylation is 2. The van der Waals surface area contributed by atoms with Crippen molar-refractivity contribution >= 4 is 10.9 Å². The maximum atomic E-state index is 5.49. The lowest BCUT2D eigenvalue weighted by Gasteiger charge is -2.24. The van der Waals surface area contributed by atoms with E-state index in [1.807, 2.05) is 12.1 Å². The van der Waals surface area contributed by atoms with Gasteiger partial charge in [-0.1, -0.05) is 0 Å². The average molecular weight is 364 g/mol. The second-order valence-electron chi connectivity index (χ2n) is 7.47. The first kappa shape index (κ1) is 17.9. The largest absolute Gasteiger partial charge is 0.493 e. The van der Waals surface area contributed by atoms with E-state index in [0.29, 0.717) is 5.92 Å². The second-order valence-corrected chi connectivity index (χ2v) is 7.47. The fourth-order valence-corrected chi connectivity index (χ4v) is 4.35. The van der Waals surface area contributed by atoms with Crippen LogP contribution in [0.15, 0.2) is 30.3 Å². The number of aromatic nitrogens is 1. The van der Waals surface area contributed by atoms with Crippen LogP contribution >= 0.6 is 0 Å². The summed E-state index contributed by atoms with van der Waals surface area (Å²) in [4.78, 5) is 3.63. The second kappa shape index (κ2) is 7.28. The smallest absolute Gasteiger partial charge is 0.161 e. The molecule has 0 aliphatic carbocycles. The summed E-state index contributed by atoms with van der Waals surface area (Å²) in [6, 6.07) is 10.8. The molecule has 0 amide bonds. The Bertz CT molecular complexity index is 968. The van der Waals surface area contributed by atoms with Crippen LogP contribution in [-0.4, -0.2) is 32.3 Å². The standard InChI is InChI=1S/C23H28N2O2/c1-14-11-20-19(13-18(14)16-7-9-24-10-8-16)15(2)23(25-20)17-5-6-21(26-3)22(12-17)27-4/h5-6,11-13,16,24-25H,7-10H2,1-4H3. The van der Waals surface area contributed by atoms with E-state index >= 15 is 0 Å². The van der Waals surface area contributed by atoms with Crippen molar-refractivity contribution in [3.05, 3.63) is 47.0 Å². The molecule has 0 radical (unpaired) electrons. The van der Waals surface area contributed by atoms with Gasteiger partial charge in [-0.2, -0.15) is 0 Å². The summed E-state index contributed by atoms with van der Waals surface area (Å²) < 4.78 is 10.9. The van der Waals surface area contributed by atoms with E-state index in [-0.39, 0.29) is 0 Å². The van der Waals surface area contributed by atoms with Crippen LogP contribution in [0.2, 0.25) is 0 Å². The Balaban J connectivity index is 1.80. The van der Waals surface area contributed by atoms with E-state index in [1.54, 1.807) is 14.2 Å². The highest BCUT2D eigenvalue weighted by molar-refractivity contribution is 5.92. The number of H-pyrrole nitrogens is 1. The van der Waals surface area contributed by atoms with E-state index in [4.69, 9.17) is 9.47 Å². The van der Waals surface area contributed by atoms with Gasteiger partial charge in [0.2, 0.25) is 0 Å². The van der Waals surface area contributed by atoms with Gasteiger partial charge < -0.3 is 19.8 Å². The Morgan fingerprint density at radius 2 is 1.67 bits per heavy atom. The van der Waals surface area contributed by atoms with Gasteiger partial charge in [0.05, 0.1) is 14.2 Å². The number of nitrogens with one attached hydrogen (secondary N) is 2. The molecule has 0 unspecified atom stereocenters. The third kappa shape index (κ3) is 3.19. The molecule has 1 aliphatic rings. The molecule has 0 spiro atoms. The number of benzene rings is 2. The van der Waals surface area contributed by atoms with Gasteiger partial charge in [0.25, 0.3) is 0 Å². The highest BCUT2D eigenvalue weighted by Gasteiger charge is 2.20. The van der Waals surface area contributed by atoms with E-state index in [2.05, 4.69) is 42.3 Å². The molecule has 4 heteroatoms. The Morgan fingerprint density at radius 3 is 2.37 bits per heavy atom. The zero-order valence-electron chi connectivity index (χ0n) is 16.6. The topological polar surface area (TPSA) is 46.3 Å². The van der Waals surface area contributed by atoms with Crippen LogP contribution in [0, 0.1) is 13.8 Å². The molecule has 4 rings (SSSR count). The first-order valence-electron chi connectivity index (χ1n) is 9.68. The fourth-order valence-electron chi connectivity index (χ4n) is 4.35. The predicted molar refractivity (Wildman–Crippen MR) is 111 cm³/mol. The number of hydrogen-bond donors (Lipinski definition) is 2. The molecule has 1 fully saturated rings. The summed E-state index contributed by atoms with van der Waals surface area (Å²) in [6.45, 7) is 6.67. The molecule has 4 nitrogen and oxygen atoms in total. The lowest BCUT2D eigenvalue weighted by Crippen LogP contribution is -2.26. The van der Waals surface area contributed by atoms with Crippen molar-refractivity contribution in [1.82, 2.24) is 10.3 Å². The van der Waals surface area contributed by atoms with Crippen molar-refractivity contribution in [3.8, 4) is 22.8 Å². The highest BCUT2D eigenvalue weighted by Crippen LogP contribution is 2.38. The molecular formula is C23H28N2O2. The van der Waals surface area contributed by atoms with Gasteiger partial charge in [-0.15, -0.1) is 0 Å². The lowest BCUT2D eigenvalue weighted by molar-refractivity contribution is 0.355. The minimum atomic E-state index is 0.662. The van der Waals surface area contributed by atoms with Crippen LogP contribution in [0.3, 0.4) is 0 Å². The summed E-state index contributed by atoms with van der Waals surface area (Å²) in [5.41, 5.74) is 7.63. The number of ether oxygens (including phenoxy) is 2. The maximum absolute atomic E-state index is 5.49. The van der Waals surface area contributed by atoms with Crippen LogP contribution in [0.5, 0.6) is 11.5 Å². The molecule has 0 atom stereocenters. The molecule has 1 saturated heterocycles. The molecule has 27 heavy (non-hydrogen) atoms. The van der Waals surface area contributed by atoms with Gasteiger partial charge >= 0.3 is 0 Å². The summed E-state index contributed by atoms with van der Waals surface area (Å²) in [6.07, 6.45) is 2.44. The van der Waals surface area contributed by atoms with Crippen LogP contribution in [0.25, 0.3) is 22.2 Å². The number of methoxy groups -OCH3 is 2. The van der Waals surface area contributed by atoms with E-state index in [0.717, 1.165) is 35.8 Å². The van der Waals surface area contributed by atoms with E-state index in [1.165, 1.54) is 40.4 Å². The van der Waals surface area contributed by atoms with Crippen molar-refractivity contribution in [1.29, 1.82) is 0 Å². The molecule has 2 heterocycles. The molecule has 142 valence electrons. The average Bonchev–Trinajstić information content (AvgIpc) is 3.03. The van der Waals surface area contributed by atoms with Crippen molar-refractivity contribution in [3.63, 3.8) is 0 Å². The molecule has 3 aromatic rings. The predicted octanol–water partition coefficient (Wildman–Crippen LogP) is 4.94. The van der Waals surface area contributed by atoms with Gasteiger partial charge in [0, 0.05) is 22.2 Å². The molecular weight excluding hydrogens is 336 g/mol. The number of rotatable bonds is 4.